The molecule has 20 heavy (non-hydrogen) atoms. The van der Waals surface area contributed by atoms with Gasteiger partial charge in [-0.25, -0.2) is 12.8 Å². The molecule has 4 nitrogen and oxygen atoms in total. The molecule has 1 heterocycles. The number of nitrogen functional groups attached to an aromatic ring is 1. The van der Waals surface area contributed by atoms with Crippen molar-refractivity contribution in [2.45, 2.75) is 29.9 Å². The summed E-state index contributed by atoms with van der Waals surface area (Å²) >= 11 is 1.74. The number of nitrogens with two attached hydrogens (primary N) is 1. The van der Waals surface area contributed by atoms with Gasteiger partial charge in [0.05, 0.1) is 0 Å². The minimum Gasteiger partial charge on any atom is -0.399 e. The van der Waals surface area contributed by atoms with E-state index in [-0.39, 0.29) is 15.3 Å². The smallest absolute Gasteiger partial charge is 0.246 e. The second-order valence-corrected chi connectivity index (χ2v) is 9.16. The monoisotopic (exact) mass is 318 g/mol. The van der Waals surface area contributed by atoms with Gasteiger partial charge in [-0.2, -0.15) is 16.1 Å². The number of nitrogens with zero attached hydrogens (tertiary/aromatic N) is 1. The number of rotatable bonds is 2. The summed E-state index contributed by atoms with van der Waals surface area (Å²) in [6.45, 7) is 4.98. The normalized spacial score (nSPS) is 20.6. The molecule has 2 rings (SSSR count). The maximum Gasteiger partial charge on any atom is 0.246 e. The first-order valence-corrected chi connectivity index (χ1v) is 8.84. The van der Waals surface area contributed by atoms with E-state index in [0.717, 1.165) is 12.5 Å². The average molecular weight is 318 g/mol. The molecule has 0 atom stereocenters. The molecule has 0 unspecified atom stereocenters. The van der Waals surface area contributed by atoms with Crippen molar-refractivity contribution in [3.05, 3.63) is 24.0 Å². The van der Waals surface area contributed by atoms with Crippen LogP contribution in [0, 0.1) is 5.82 Å². The molecule has 2 N–H and O–H groups in total. The predicted molar refractivity (Wildman–Crippen MR) is 80.7 cm³/mol. The Morgan fingerprint density at radius 1 is 1.35 bits per heavy atom. The SMILES string of the molecule is CC1(C)CCN(S(=O)(=O)c2cc(N)ccc2F)CCS1. The van der Waals surface area contributed by atoms with Gasteiger partial charge >= 0.3 is 0 Å². The minimum atomic E-state index is -3.82. The summed E-state index contributed by atoms with van der Waals surface area (Å²) in [5, 5.41) is 0. The van der Waals surface area contributed by atoms with Crippen molar-refractivity contribution in [3.8, 4) is 0 Å². The lowest BCUT2D eigenvalue weighted by Gasteiger charge is -2.22. The van der Waals surface area contributed by atoms with Gasteiger partial charge in [-0.05, 0) is 24.6 Å². The van der Waals surface area contributed by atoms with Crippen LogP contribution in [0.1, 0.15) is 20.3 Å². The molecule has 0 aromatic heterocycles. The highest BCUT2D eigenvalue weighted by atomic mass is 32.2. The van der Waals surface area contributed by atoms with E-state index in [1.807, 2.05) is 0 Å². The van der Waals surface area contributed by atoms with Crippen LogP contribution in [-0.2, 0) is 10.0 Å². The molecule has 112 valence electrons. The lowest BCUT2D eigenvalue weighted by Crippen LogP contribution is -2.34. The Hall–Kier alpha value is -0.790. The van der Waals surface area contributed by atoms with Crippen molar-refractivity contribution in [1.29, 1.82) is 0 Å². The fourth-order valence-corrected chi connectivity index (χ4v) is 4.86. The van der Waals surface area contributed by atoms with Gasteiger partial charge in [0.2, 0.25) is 10.0 Å². The van der Waals surface area contributed by atoms with Crippen LogP contribution in [0.25, 0.3) is 0 Å². The molecule has 1 aromatic rings. The van der Waals surface area contributed by atoms with E-state index in [2.05, 4.69) is 13.8 Å². The Morgan fingerprint density at radius 2 is 2.05 bits per heavy atom. The molecule has 1 fully saturated rings. The molecular formula is C13H19FN2O2S2. The molecule has 7 heteroatoms. The van der Waals surface area contributed by atoms with E-state index in [4.69, 9.17) is 5.73 Å². The lowest BCUT2D eigenvalue weighted by atomic mass is 10.1. The Bertz CT molecular complexity index is 602. The van der Waals surface area contributed by atoms with Gasteiger partial charge in [0, 0.05) is 29.3 Å². The van der Waals surface area contributed by atoms with Crippen molar-refractivity contribution < 1.29 is 12.8 Å². The van der Waals surface area contributed by atoms with Crippen molar-refractivity contribution in [1.82, 2.24) is 4.31 Å². The van der Waals surface area contributed by atoms with Crippen molar-refractivity contribution in [2.24, 2.45) is 0 Å². The summed E-state index contributed by atoms with van der Waals surface area (Å²) in [7, 11) is -3.82. The third-order valence-corrected chi connectivity index (χ3v) is 6.66. The largest absolute Gasteiger partial charge is 0.399 e. The van der Waals surface area contributed by atoms with Gasteiger partial charge in [-0.1, -0.05) is 13.8 Å². The maximum atomic E-state index is 13.8. The summed E-state index contributed by atoms with van der Waals surface area (Å²) in [6, 6.07) is 3.64. The third-order valence-electron chi connectivity index (χ3n) is 3.37. The Labute approximate surface area is 123 Å². The zero-order chi connectivity index (χ0) is 15.0. The van der Waals surface area contributed by atoms with Crippen molar-refractivity contribution in [3.63, 3.8) is 0 Å². The van der Waals surface area contributed by atoms with Crippen LogP contribution in [0.2, 0.25) is 0 Å². The van der Waals surface area contributed by atoms with Crippen molar-refractivity contribution >= 4 is 27.5 Å². The third kappa shape index (κ3) is 3.27. The van der Waals surface area contributed by atoms with Crippen LogP contribution in [-0.4, -0.2) is 36.3 Å². The first-order valence-electron chi connectivity index (χ1n) is 6.41. The van der Waals surface area contributed by atoms with Gasteiger partial charge in [0.15, 0.2) is 0 Å². The standard InChI is InChI=1S/C13H19FN2O2S2/c1-13(2)5-6-16(7-8-19-13)20(17,18)12-9-10(15)3-4-11(12)14/h3-4,9H,5-8,15H2,1-2H3. The number of hydrogen-bond donors (Lipinski definition) is 1. The highest BCUT2D eigenvalue weighted by Gasteiger charge is 2.32. The first-order chi connectivity index (χ1) is 9.22. The summed E-state index contributed by atoms with van der Waals surface area (Å²) in [5.41, 5.74) is 5.82. The average Bonchev–Trinajstić information content (AvgIpc) is 2.53. The fraction of sp³-hybridized carbons (Fsp3) is 0.538. The fourth-order valence-electron chi connectivity index (χ4n) is 2.10. The minimum absolute atomic E-state index is 0.0402. The Balaban J connectivity index is 2.33. The molecule has 1 saturated heterocycles. The van der Waals surface area contributed by atoms with Crippen LogP contribution >= 0.6 is 11.8 Å². The van der Waals surface area contributed by atoms with E-state index < -0.39 is 15.8 Å². The topological polar surface area (TPSA) is 63.4 Å². The molecule has 1 aromatic carbocycles. The molecule has 0 spiro atoms. The predicted octanol–water partition coefficient (Wildman–Crippen LogP) is 2.31. The molecule has 0 radical (unpaired) electrons. The van der Waals surface area contributed by atoms with Gasteiger partial charge in [-0.3, -0.25) is 0 Å². The van der Waals surface area contributed by atoms with E-state index >= 15 is 0 Å². The molecule has 0 aliphatic carbocycles. The van der Waals surface area contributed by atoms with Crippen molar-refractivity contribution in [2.75, 3.05) is 24.6 Å². The number of hydrogen-bond acceptors (Lipinski definition) is 4. The number of benzene rings is 1. The van der Waals surface area contributed by atoms with Gasteiger partial charge < -0.3 is 5.73 Å². The maximum absolute atomic E-state index is 13.8. The number of halogens is 1. The molecule has 0 amide bonds. The molecule has 0 bridgehead atoms. The molecular weight excluding hydrogens is 299 g/mol. The van der Waals surface area contributed by atoms with Crippen LogP contribution < -0.4 is 5.73 Å². The van der Waals surface area contributed by atoms with Gasteiger partial charge in [0.25, 0.3) is 0 Å². The molecule has 1 aliphatic rings. The number of sulfonamides is 1. The summed E-state index contributed by atoms with van der Waals surface area (Å²) in [4.78, 5) is -0.331. The van der Waals surface area contributed by atoms with E-state index in [0.29, 0.717) is 18.8 Å². The Kier molecular flexibility index (Phi) is 4.32. The van der Waals surface area contributed by atoms with Gasteiger partial charge in [0.1, 0.15) is 10.7 Å². The molecule has 0 saturated carbocycles. The highest BCUT2D eigenvalue weighted by Crippen LogP contribution is 2.33. The number of thioether (sulfide) groups is 1. The van der Waals surface area contributed by atoms with Crippen LogP contribution in [0.3, 0.4) is 0 Å². The summed E-state index contributed by atoms with van der Waals surface area (Å²) < 4.78 is 40.3. The Morgan fingerprint density at radius 3 is 2.75 bits per heavy atom. The van der Waals surface area contributed by atoms with Gasteiger partial charge in [-0.15, -0.1) is 0 Å². The van der Waals surface area contributed by atoms with Crippen LogP contribution in [0.5, 0.6) is 0 Å². The number of anilines is 1. The second-order valence-electron chi connectivity index (χ2n) is 5.45. The zero-order valence-electron chi connectivity index (χ0n) is 11.6. The van der Waals surface area contributed by atoms with E-state index in [1.54, 1.807) is 11.8 Å². The van der Waals surface area contributed by atoms with Crippen LogP contribution in [0.15, 0.2) is 23.1 Å². The van der Waals surface area contributed by atoms with E-state index in [1.165, 1.54) is 16.4 Å². The summed E-state index contributed by atoms with van der Waals surface area (Å²) in [6.07, 6.45) is 0.737. The highest BCUT2D eigenvalue weighted by molar-refractivity contribution is 8.00. The summed E-state index contributed by atoms with van der Waals surface area (Å²) in [5.74, 6) is -0.0498. The zero-order valence-corrected chi connectivity index (χ0v) is 13.2. The quantitative estimate of drug-likeness (QED) is 0.850. The lowest BCUT2D eigenvalue weighted by molar-refractivity contribution is 0.412. The molecule has 1 aliphatic heterocycles. The van der Waals surface area contributed by atoms with E-state index in [9.17, 15) is 12.8 Å². The second kappa shape index (κ2) is 5.54. The first kappa shape index (κ1) is 15.6. The van der Waals surface area contributed by atoms with Crippen LogP contribution in [0.4, 0.5) is 10.1 Å².